The predicted molar refractivity (Wildman–Crippen MR) is 51.9 cm³/mol. The van der Waals surface area contributed by atoms with E-state index in [4.69, 9.17) is 4.74 Å². The molecule has 0 aliphatic carbocycles. The van der Waals surface area contributed by atoms with Crippen molar-refractivity contribution in [2.24, 2.45) is 0 Å². The van der Waals surface area contributed by atoms with E-state index < -0.39 is 0 Å². The van der Waals surface area contributed by atoms with E-state index in [1.165, 1.54) is 38.6 Å². The van der Waals surface area contributed by atoms with Crippen LogP contribution in [0.3, 0.4) is 0 Å². The van der Waals surface area contributed by atoms with E-state index in [1.54, 1.807) is 0 Å². The summed E-state index contributed by atoms with van der Waals surface area (Å²) in [6.45, 7) is 3.12. The Kier molecular flexibility index (Phi) is 3.81. The van der Waals surface area contributed by atoms with Crippen LogP contribution in [0.25, 0.3) is 0 Å². The smallest absolute Gasteiger partial charge is 0.0648 e. The number of rotatable bonds is 0. The van der Waals surface area contributed by atoms with Gasteiger partial charge < -0.3 is 10.1 Å². The molecule has 0 aromatic carbocycles. The molecule has 1 spiro atoms. The zero-order chi connectivity index (χ0) is 7.57. The lowest BCUT2D eigenvalue weighted by Gasteiger charge is -2.41. The number of piperidine rings is 1. The molecule has 0 amide bonds. The van der Waals surface area contributed by atoms with Crippen molar-refractivity contribution < 1.29 is 4.74 Å². The minimum Gasteiger partial charge on any atom is -0.380 e. The molecule has 0 radical (unpaired) electrons. The largest absolute Gasteiger partial charge is 0.380 e. The summed E-state index contributed by atoms with van der Waals surface area (Å²) >= 11 is 0. The molecule has 2 fully saturated rings. The first-order valence-corrected chi connectivity index (χ1v) is 4.74. The molecule has 1 unspecified atom stereocenters. The standard InChI is InChI=1S/C9H17NO.ClH/c1-2-6-10-9(4-1)5-3-7-11-8-9;/h10H,1-8H2;1H. The second kappa shape index (κ2) is 4.45. The van der Waals surface area contributed by atoms with Crippen molar-refractivity contribution in [3.05, 3.63) is 0 Å². The van der Waals surface area contributed by atoms with E-state index in [9.17, 15) is 0 Å². The Morgan fingerprint density at radius 3 is 2.50 bits per heavy atom. The Morgan fingerprint density at radius 2 is 1.92 bits per heavy atom. The molecule has 72 valence electrons. The summed E-state index contributed by atoms with van der Waals surface area (Å²) in [5.41, 5.74) is 0.385. The first kappa shape index (κ1) is 10.3. The van der Waals surface area contributed by atoms with Crippen LogP contribution in [0.2, 0.25) is 0 Å². The number of ether oxygens (including phenoxy) is 1. The molecule has 2 aliphatic heterocycles. The van der Waals surface area contributed by atoms with Crippen molar-refractivity contribution in [3.63, 3.8) is 0 Å². The highest BCUT2D eigenvalue weighted by Crippen LogP contribution is 2.27. The van der Waals surface area contributed by atoms with Gasteiger partial charge in [-0.1, -0.05) is 6.42 Å². The summed E-state index contributed by atoms with van der Waals surface area (Å²) in [5, 5.41) is 3.61. The van der Waals surface area contributed by atoms with E-state index in [2.05, 4.69) is 5.32 Å². The number of hydrogen-bond donors (Lipinski definition) is 1. The third-order valence-electron chi connectivity index (χ3n) is 2.90. The van der Waals surface area contributed by atoms with Crippen LogP contribution in [-0.2, 0) is 4.74 Å². The Labute approximate surface area is 80.5 Å². The summed E-state index contributed by atoms with van der Waals surface area (Å²) in [6.07, 6.45) is 6.63. The van der Waals surface area contributed by atoms with Gasteiger partial charge in [-0.15, -0.1) is 12.4 Å². The van der Waals surface area contributed by atoms with Crippen LogP contribution >= 0.6 is 12.4 Å². The molecule has 2 rings (SSSR count). The fourth-order valence-electron chi connectivity index (χ4n) is 2.22. The average Bonchev–Trinajstić information content (AvgIpc) is 2.07. The van der Waals surface area contributed by atoms with E-state index >= 15 is 0 Å². The lowest BCUT2D eigenvalue weighted by molar-refractivity contribution is 0.00801. The third-order valence-corrected chi connectivity index (χ3v) is 2.90. The van der Waals surface area contributed by atoms with Crippen molar-refractivity contribution in [1.29, 1.82) is 0 Å². The maximum atomic E-state index is 5.50. The normalized spacial score (nSPS) is 36.0. The monoisotopic (exact) mass is 191 g/mol. The zero-order valence-electron chi connectivity index (χ0n) is 7.47. The molecule has 3 heteroatoms. The number of hydrogen-bond acceptors (Lipinski definition) is 2. The minimum absolute atomic E-state index is 0. The molecular formula is C9H18ClNO. The van der Waals surface area contributed by atoms with E-state index in [-0.39, 0.29) is 12.4 Å². The first-order chi connectivity index (χ1) is 5.41. The lowest BCUT2D eigenvalue weighted by Crippen LogP contribution is -2.53. The average molecular weight is 192 g/mol. The second-order valence-electron chi connectivity index (χ2n) is 3.82. The van der Waals surface area contributed by atoms with Crippen LogP contribution in [0.1, 0.15) is 32.1 Å². The van der Waals surface area contributed by atoms with Gasteiger partial charge in [-0.25, -0.2) is 0 Å². The Hall–Kier alpha value is 0.210. The maximum absolute atomic E-state index is 5.50. The van der Waals surface area contributed by atoms with Crippen molar-refractivity contribution in [2.75, 3.05) is 19.8 Å². The van der Waals surface area contributed by atoms with E-state index in [0.29, 0.717) is 5.54 Å². The van der Waals surface area contributed by atoms with Crippen molar-refractivity contribution in [1.82, 2.24) is 5.32 Å². The molecule has 1 N–H and O–H groups in total. The number of nitrogens with one attached hydrogen (secondary N) is 1. The van der Waals surface area contributed by atoms with Gasteiger partial charge in [0.1, 0.15) is 0 Å². The maximum Gasteiger partial charge on any atom is 0.0648 e. The van der Waals surface area contributed by atoms with Gasteiger partial charge in [0.25, 0.3) is 0 Å². The van der Waals surface area contributed by atoms with Gasteiger partial charge in [-0.2, -0.15) is 0 Å². The topological polar surface area (TPSA) is 21.3 Å². The Balaban J connectivity index is 0.000000720. The molecule has 0 aromatic heterocycles. The molecule has 2 aliphatic rings. The van der Waals surface area contributed by atoms with Crippen LogP contribution in [0.5, 0.6) is 0 Å². The summed E-state index contributed by atoms with van der Waals surface area (Å²) in [7, 11) is 0. The van der Waals surface area contributed by atoms with Gasteiger partial charge >= 0.3 is 0 Å². The second-order valence-corrected chi connectivity index (χ2v) is 3.82. The molecule has 0 aromatic rings. The van der Waals surface area contributed by atoms with Gasteiger partial charge in [0, 0.05) is 12.1 Å². The minimum atomic E-state index is 0. The number of halogens is 1. The van der Waals surface area contributed by atoms with Gasteiger partial charge in [0.15, 0.2) is 0 Å². The molecule has 0 bridgehead atoms. The molecule has 2 heterocycles. The Bertz CT molecular complexity index is 109. The Morgan fingerprint density at radius 1 is 1.08 bits per heavy atom. The predicted octanol–water partition coefficient (Wildman–Crippen LogP) is 1.73. The molecule has 1 atom stereocenters. The molecular weight excluding hydrogens is 174 g/mol. The highest BCUT2D eigenvalue weighted by molar-refractivity contribution is 5.85. The highest BCUT2D eigenvalue weighted by atomic mass is 35.5. The SMILES string of the molecule is C1CCC2(CCCOC2)NC1.Cl. The van der Waals surface area contributed by atoms with Crippen LogP contribution in [0.4, 0.5) is 0 Å². The molecule has 12 heavy (non-hydrogen) atoms. The summed E-state index contributed by atoms with van der Waals surface area (Å²) in [4.78, 5) is 0. The summed E-state index contributed by atoms with van der Waals surface area (Å²) in [6, 6.07) is 0. The lowest BCUT2D eigenvalue weighted by atomic mass is 9.84. The molecule has 2 nitrogen and oxygen atoms in total. The quantitative estimate of drug-likeness (QED) is 0.630. The van der Waals surface area contributed by atoms with Gasteiger partial charge in [0.05, 0.1) is 6.61 Å². The first-order valence-electron chi connectivity index (χ1n) is 4.74. The molecule has 0 saturated carbocycles. The van der Waals surface area contributed by atoms with Crippen LogP contribution in [-0.4, -0.2) is 25.3 Å². The summed E-state index contributed by atoms with van der Waals surface area (Å²) < 4.78 is 5.50. The van der Waals surface area contributed by atoms with Gasteiger partial charge in [-0.05, 0) is 32.2 Å². The van der Waals surface area contributed by atoms with E-state index in [1.807, 2.05) is 0 Å². The third kappa shape index (κ3) is 2.12. The van der Waals surface area contributed by atoms with E-state index in [0.717, 1.165) is 13.2 Å². The zero-order valence-corrected chi connectivity index (χ0v) is 8.29. The van der Waals surface area contributed by atoms with Crippen molar-refractivity contribution in [3.8, 4) is 0 Å². The highest BCUT2D eigenvalue weighted by Gasteiger charge is 2.33. The fraction of sp³-hybridized carbons (Fsp3) is 1.00. The fourth-order valence-corrected chi connectivity index (χ4v) is 2.22. The van der Waals surface area contributed by atoms with Crippen LogP contribution < -0.4 is 5.32 Å². The van der Waals surface area contributed by atoms with Crippen LogP contribution in [0, 0.1) is 0 Å². The van der Waals surface area contributed by atoms with Gasteiger partial charge in [-0.3, -0.25) is 0 Å². The molecule has 2 saturated heterocycles. The summed E-state index contributed by atoms with van der Waals surface area (Å²) in [5.74, 6) is 0. The van der Waals surface area contributed by atoms with Gasteiger partial charge in [0.2, 0.25) is 0 Å². The van der Waals surface area contributed by atoms with Crippen LogP contribution in [0.15, 0.2) is 0 Å². The van der Waals surface area contributed by atoms with Crippen molar-refractivity contribution in [2.45, 2.75) is 37.6 Å². The van der Waals surface area contributed by atoms with Crippen molar-refractivity contribution >= 4 is 12.4 Å².